The lowest BCUT2D eigenvalue weighted by molar-refractivity contribution is -0.00565. The fourth-order valence-electron chi connectivity index (χ4n) is 2.79. The monoisotopic (exact) mass is 233 g/mol. The molecule has 4 heteroatoms. The highest BCUT2D eigenvalue weighted by Gasteiger charge is 2.34. The van der Waals surface area contributed by atoms with Crippen molar-refractivity contribution in [2.24, 2.45) is 11.8 Å². The average molecular weight is 233 g/mol. The molecule has 2 rings (SSSR count). The van der Waals surface area contributed by atoms with Crippen molar-refractivity contribution >= 4 is 0 Å². The minimum absolute atomic E-state index is 0.0275. The van der Waals surface area contributed by atoms with Gasteiger partial charge in [0.2, 0.25) is 0 Å². The van der Waals surface area contributed by atoms with Gasteiger partial charge in [-0.1, -0.05) is 12.8 Å². The summed E-state index contributed by atoms with van der Waals surface area (Å²) in [6, 6.07) is 0.341. The summed E-state index contributed by atoms with van der Waals surface area (Å²) in [5, 5.41) is 12.1. The molecule has 16 heavy (non-hydrogen) atoms. The first-order chi connectivity index (χ1) is 7.66. The second-order valence-corrected chi connectivity index (χ2v) is 5.27. The van der Waals surface area contributed by atoms with Crippen molar-refractivity contribution in [3.63, 3.8) is 0 Å². The SMILES string of the molecule is OC(CNC1CCCC(C2CC2)C1)C(F)F. The largest absolute Gasteiger partial charge is 0.386 e. The molecular weight excluding hydrogens is 212 g/mol. The van der Waals surface area contributed by atoms with Gasteiger partial charge in [0.15, 0.2) is 0 Å². The predicted octanol–water partition coefficient (Wildman–Crippen LogP) is 2.17. The molecule has 2 aliphatic rings. The summed E-state index contributed by atoms with van der Waals surface area (Å²) in [4.78, 5) is 0. The molecule has 0 radical (unpaired) electrons. The van der Waals surface area contributed by atoms with Crippen molar-refractivity contribution in [2.45, 2.75) is 57.1 Å². The van der Waals surface area contributed by atoms with Gasteiger partial charge in [-0.2, -0.15) is 0 Å². The molecule has 0 aliphatic heterocycles. The number of alkyl halides is 2. The van der Waals surface area contributed by atoms with Gasteiger partial charge in [0, 0.05) is 12.6 Å². The molecule has 2 fully saturated rings. The van der Waals surface area contributed by atoms with E-state index in [4.69, 9.17) is 5.11 Å². The summed E-state index contributed by atoms with van der Waals surface area (Å²) in [6.45, 7) is 0.0275. The molecule has 0 aromatic rings. The van der Waals surface area contributed by atoms with Gasteiger partial charge in [-0.15, -0.1) is 0 Å². The first kappa shape index (κ1) is 12.2. The van der Waals surface area contributed by atoms with Crippen LogP contribution in [0.25, 0.3) is 0 Å². The molecule has 3 unspecified atom stereocenters. The number of nitrogens with one attached hydrogen (secondary N) is 1. The van der Waals surface area contributed by atoms with Crippen LogP contribution in [0.15, 0.2) is 0 Å². The van der Waals surface area contributed by atoms with Crippen LogP contribution in [0.4, 0.5) is 8.78 Å². The summed E-state index contributed by atoms with van der Waals surface area (Å²) in [5.74, 6) is 1.71. The maximum absolute atomic E-state index is 12.1. The number of aliphatic hydroxyl groups excluding tert-OH is 1. The minimum Gasteiger partial charge on any atom is -0.386 e. The Labute approximate surface area is 95.4 Å². The van der Waals surface area contributed by atoms with Crippen molar-refractivity contribution in [3.05, 3.63) is 0 Å². The van der Waals surface area contributed by atoms with Crippen molar-refractivity contribution < 1.29 is 13.9 Å². The Hall–Kier alpha value is -0.220. The van der Waals surface area contributed by atoms with Crippen LogP contribution in [-0.4, -0.2) is 30.2 Å². The molecule has 2 N–H and O–H groups in total. The molecule has 0 aromatic heterocycles. The third kappa shape index (κ3) is 3.39. The lowest BCUT2D eigenvalue weighted by atomic mass is 9.82. The first-order valence-corrected chi connectivity index (χ1v) is 6.36. The minimum atomic E-state index is -2.63. The Kier molecular flexibility index (Phi) is 4.14. The van der Waals surface area contributed by atoms with Crippen molar-refractivity contribution in [1.29, 1.82) is 0 Å². The Morgan fingerprint density at radius 2 is 1.88 bits per heavy atom. The maximum Gasteiger partial charge on any atom is 0.265 e. The Morgan fingerprint density at radius 3 is 2.50 bits per heavy atom. The molecule has 0 saturated heterocycles. The van der Waals surface area contributed by atoms with Crippen LogP contribution < -0.4 is 5.32 Å². The highest BCUT2D eigenvalue weighted by molar-refractivity contribution is 4.88. The van der Waals surface area contributed by atoms with Crippen LogP contribution in [0.3, 0.4) is 0 Å². The Balaban J connectivity index is 1.68. The van der Waals surface area contributed by atoms with E-state index in [9.17, 15) is 8.78 Å². The molecular formula is C12H21F2NO. The predicted molar refractivity (Wildman–Crippen MR) is 58.5 cm³/mol. The number of hydrogen-bond acceptors (Lipinski definition) is 2. The highest BCUT2D eigenvalue weighted by atomic mass is 19.3. The van der Waals surface area contributed by atoms with E-state index < -0.39 is 12.5 Å². The second kappa shape index (κ2) is 5.41. The van der Waals surface area contributed by atoms with E-state index in [0.717, 1.165) is 24.7 Å². The normalized spacial score (nSPS) is 33.0. The van der Waals surface area contributed by atoms with Crippen LogP contribution >= 0.6 is 0 Å². The van der Waals surface area contributed by atoms with E-state index in [1.165, 1.54) is 25.7 Å². The zero-order chi connectivity index (χ0) is 11.5. The fourth-order valence-corrected chi connectivity index (χ4v) is 2.79. The van der Waals surface area contributed by atoms with Crippen LogP contribution in [0.5, 0.6) is 0 Å². The zero-order valence-electron chi connectivity index (χ0n) is 9.54. The smallest absolute Gasteiger partial charge is 0.265 e. The fraction of sp³-hybridized carbons (Fsp3) is 1.00. The van der Waals surface area contributed by atoms with Crippen LogP contribution in [0.2, 0.25) is 0 Å². The van der Waals surface area contributed by atoms with Gasteiger partial charge in [0.25, 0.3) is 6.43 Å². The van der Waals surface area contributed by atoms with E-state index >= 15 is 0 Å². The summed E-state index contributed by atoms with van der Waals surface area (Å²) < 4.78 is 24.2. The Morgan fingerprint density at radius 1 is 1.12 bits per heavy atom. The van der Waals surface area contributed by atoms with E-state index in [0.29, 0.717) is 6.04 Å². The summed E-state index contributed by atoms with van der Waals surface area (Å²) in [6.07, 6.45) is 3.26. The lowest BCUT2D eigenvalue weighted by Gasteiger charge is -2.30. The van der Waals surface area contributed by atoms with Gasteiger partial charge in [0.05, 0.1) is 0 Å². The summed E-state index contributed by atoms with van der Waals surface area (Å²) in [7, 11) is 0. The molecule has 0 amide bonds. The van der Waals surface area contributed by atoms with Gasteiger partial charge in [-0.3, -0.25) is 0 Å². The molecule has 3 atom stereocenters. The quantitative estimate of drug-likeness (QED) is 0.762. The lowest BCUT2D eigenvalue weighted by Crippen LogP contribution is -2.41. The van der Waals surface area contributed by atoms with E-state index in [1.807, 2.05) is 0 Å². The molecule has 0 bridgehead atoms. The van der Waals surface area contributed by atoms with E-state index in [-0.39, 0.29) is 6.54 Å². The number of aliphatic hydroxyl groups is 1. The van der Waals surface area contributed by atoms with Gasteiger partial charge in [0.1, 0.15) is 6.10 Å². The molecule has 2 saturated carbocycles. The average Bonchev–Trinajstić information content (AvgIpc) is 3.10. The standard InChI is InChI=1S/C12H21F2NO/c13-12(14)11(16)7-15-10-3-1-2-9(6-10)8-4-5-8/h8-12,15-16H,1-7H2. The molecule has 0 heterocycles. The molecule has 2 nitrogen and oxygen atoms in total. The van der Waals surface area contributed by atoms with Crippen LogP contribution in [-0.2, 0) is 0 Å². The Bertz CT molecular complexity index is 221. The third-order valence-corrected chi connectivity index (χ3v) is 3.91. The maximum atomic E-state index is 12.1. The summed E-state index contributed by atoms with van der Waals surface area (Å²) in [5.41, 5.74) is 0. The van der Waals surface area contributed by atoms with Gasteiger partial charge in [-0.05, 0) is 37.5 Å². The van der Waals surface area contributed by atoms with Gasteiger partial charge < -0.3 is 10.4 Å². The van der Waals surface area contributed by atoms with Crippen molar-refractivity contribution in [1.82, 2.24) is 5.32 Å². The van der Waals surface area contributed by atoms with Gasteiger partial charge >= 0.3 is 0 Å². The van der Waals surface area contributed by atoms with E-state index in [2.05, 4.69) is 5.32 Å². The first-order valence-electron chi connectivity index (χ1n) is 6.36. The third-order valence-electron chi connectivity index (χ3n) is 3.91. The van der Waals surface area contributed by atoms with E-state index in [1.54, 1.807) is 0 Å². The van der Waals surface area contributed by atoms with Gasteiger partial charge in [-0.25, -0.2) is 8.78 Å². The molecule has 0 aromatic carbocycles. The second-order valence-electron chi connectivity index (χ2n) is 5.27. The number of halogens is 2. The number of rotatable bonds is 5. The van der Waals surface area contributed by atoms with Crippen LogP contribution in [0, 0.1) is 11.8 Å². The molecule has 0 spiro atoms. The topological polar surface area (TPSA) is 32.3 Å². The molecule has 2 aliphatic carbocycles. The highest BCUT2D eigenvalue weighted by Crippen LogP contribution is 2.43. The van der Waals surface area contributed by atoms with Crippen LogP contribution in [0.1, 0.15) is 38.5 Å². The summed E-state index contributed by atoms with van der Waals surface area (Å²) >= 11 is 0. The zero-order valence-corrected chi connectivity index (χ0v) is 9.54. The van der Waals surface area contributed by atoms with Crippen molar-refractivity contribution in [3.8, 4) is 0 Å². The number of hydrogen-bond donors (Lipinski definition) is 2. The molecule has 94 valence electrons. The van der Waals surface area contributed by atoms with Crippen molar-refractivity contribution in [2.75, 3.05) is 6.54 Å².